The number of methoxy groups -OCH3 is 1. The molecule has 190 valence electrons. The third kappa shape index (κ3) is 6.52. The summed E-state index contributed by atoms with van der Waals surface area (Å²) in [6.45, 7) is 2.26. The summed E-state index contributed by atoms with van der Waals surface area (Å²) in [5, 5.41) is 16.3. The van der Waals surface area contributed by atoms with E-state index in [0.717, 1.165) is 16.7 Å². The number of benzene rings is 2. The molecule has 0 saturated carbocycles. The number of aromatic amines is 1. The van der Waals surface area contributed by atoms with Crippen LogP contribution < -0.4 is 9.47 Å². The Kier molecular flexibility index (Phi) is 8.15. The summed E-state index contributed by atoms with van der Waals surface area (Å²) in [5.74, 6) is -0.471. The maximum Gasteiger partial charge on any atom is 0.356 e. The van der Waals surface area contributed by atoms with Crippen LogP contribution in [0.4, 0.5) is 0 Å². The van der Waals surface area contributed by atoms with Crippen LogP contribution in [0.5, 0.6) is 11.5 Å². The van der Waals surface area contributed by atoms with E-state index >= 15 is 0 Å². The second-order valence-electron chi connectivity index (χ2n) is 8.36. The number of aromatic nitrogens is 3. The van der Waals surface area contributed by atoms with Crippen molar-refractivity contribution in [2.45, 2.75) is 32.5 Å². The van der Waals surface area contributed by atoms with Crippen molar-refractivity contribution in [3.8, 4) is 22.8 Å². The van der Waals surface area contributed by atoms with Crippen LogP contribution in [0.25, 0.3) is 11.3 Å². The minimum Gasteiger partial charge on any atom is -0.489 e. The van der Waals surface area contributed by atoms with Gasteiger partial charge in [-0.1, -0.05) is 30.3 Å². The minimum absolute atomic E-state index is 0.0690. The molecule has 2 heterocycles. The SMILES string of the molecule is COC(=O)c1cc(-c2ccc(OCc3cccnc3)cc2OC(CCC(=O)O)c2ccccc2C)n[nH]1. The predicted octanol–water partition coefficient (Wildman–Crippen LogP) is 5.13. The molecular weight excluding hydrogens is 474 g/mol. The summed E-state index contributed by atoms with van der Waals surface area (Å²) in [6, 6.07) is 18.3. The van der Waals surface area contributed by atoms with Gasteiger partial charge in [-0.05, 0) is 48.7 Å². The molecule has 0 aliphatic heterocycles. The van der Waals surface area contributed by atoms with Crippen molar-refractivity contribution < 1.29 is 28.9 Å². The quantitative estimate of drug-likeness (QED) is 0.271. The fraction of sp³-hybridized carbons (Fsp3) is 0.214. The Hall–Kier alpha value is -4.66. The van der Waals surface area contributed by atoms with Crippen LogP contribution in [0.2, 0.25) is 0 Å². The van der Waals surface area contributed by atoms with Gasteiger partial charge in [0.15, 0.2) is 0 Å². The highest BCUT2D eigenvalue weighted by Gasteiger charge is 2.21. The zero-order chi connectivity index (χ0) is 26.2. The molecule has 2 N–H and O–H groups in total. The van der Waals surface area contributed by atoms with Crippen LogP contribution in [-0.4, -0.2) is 39.3 Å². The van der Waals surface area contributed by atoms with Gasteiger partial charge in [0.05, 0.1) is 12.8 Å². The van der Waals surface area contributed by atoms with Crippen molar-refractivity contribution in [2.24, 2.45) is 0 Å². The highest BCUT2D eigenvalue weighted by atomic mass is 16.5. The molecule has 9 nitrogen and oxygen atoms in total. The van der Waals surface area contributed by atoms with Crippen LogP contribution in [0.1, 0.15) is 46.1 Å². The molecular formula is C28H27N3O6. The number of carbonyl (C=O) groups excluding carboxylic acids is 1. The lowest BCUT2D eigenvalue weighted by Crippen LogP contribution is -2.12. The molecule has 37 heavy (non-hydrogen) atoms. The lowest BCUT2D eigenvalue weighted by molar-refractivity contribution is -0.137. The van der Waals surface area contributed by atoms with Crippen LogP contribution in [0, 0.1) is 6.92 Å². The molecule has 0 spiro atoms. The Balaban J connectivity index is 1.70. The number of aliphatic carboxylic acids is 1. The van der Waals surface area contributed by atoms with Gasteiger partial charge in [0, 0.05) is 36.0 Å². The number of carboxylic acids is 1. The second-order valence-corrected chi connectivity index (χ2v) is 8.36. The van der Waals surface area contributed by atoms with Gasteiger partial charge in [0.25, 0.3) is 0 Å². The summed E-state index contributed by atoms with van der Waals surface area (Å²) in [5.41, 5.74) is 4.04. The molecule has 1 unspecified atom stereocenters. The summed E-state index contributed by atoms with van der Waals surface area (Å²) >= 11 is 0. The third-order valence-corrected chi connectivity index (χ3v) is 5.77. The molecule has 4 rings (SSSR count). The van der Waals surface area contributed by atoms with Crippen LogP contribution in [0.15, 0.2) is 73.1 Å². The lowest BCUT2D eigenvalue weighted by Gasteiger charge is -2.23. The molecule has 9 heteroatoms. The number of carbonyl (C=O) groups is 2. The van der Waals surface area contributed by atoms with E-state index in [1.807, 2.05) is 43.3 Å². The second kappa shape index (κ2) is 11.9. The number of esters is 1. The molecule has 0 radical (unpaired) electrons. The molecule has 4 aromatic rings. The van der Waals surface area contributed by atoms with E-state index < -0.39 is 18.0 Å². The van der Waals surface area contributed by atoms with Crippen molar-refractivity contribution >= 4 is 11.9 Å². The maximum absolute atomic E-state index is 12.0. The van der Waals surface area contributed by atoms with Crippen molar-refractivity contribution in [2.75, 3.05) is 7.11 Å². The number of nitrogens with one attached hydrogen (secondary N) is 1. The zero-order valence-corrected chi connectivity index (χ0v) is 20.5. The van der Waals surface area contributed by atoms with Crippen LogP contribution >= 0.6 is 0 Å². The van der Waals surface area contributed by atoms with Gasteiger partial charge in [-0.2, -0.15) is 5.10 Å². The number of nitrogens with zero attached hydrogens (tertiary/aromatic N) is 2. The van der Waals surface area contributed by atoms with E-state index in [1.165, 1.54) is 7.11 Å². The van der Waals surface area contributed by atoms with E-state index in [-0.39, 0.29) is 18.5 Å². The standard InChI is InChI=1S/C28H27N3O6/c1-18-6-3-4-8-21(18)25(11-12-27(32)33)37-26-14-20(36-17-19-7-5-13-29-16-19)9-10-22(26)23-15-24(31-30-23)28(34)35-2/h3-10,13-16,25H,11-12,17H2,1-2H3,(H,30,31)(H,32,33). The molecule has 0 fully saturated rings. The van der Waals surface area contributed by atoms with Gasteiger partial charge in [-0.3, -0.25) is 14.9 Å². The van der Waals surface area contributed by atoms with E-state index in [0.29, 0.717) is 29.4 Å². The minimum atomic E-state index is -0.911. The fourth-order valence-corrected chi connectivity index (χ4v) is 3.86. The largest absolute Gasteiger partial charge is 0.489 e. The summed E-state index contributed by atoms with van der Waals surface area (Å²) in [6.07, 6.45) is 3.07. The monoisotopic (exact) mass is 501 g/mol. The normalized spacial score (nSPS) is 11.5. The summed E-state index contributed by atoms with van der Waals surface area (Å²) < 4.78 is 17.2. The van der Waals surface area contributed by atoms with Crippen LogP contribution in [-0.2, 0) is 16.1 Å². The van der Waals surface area contributed by atoms with Gasteiger partial charge in [-0.25, -0.2) is 4.79 Å². The number of rotatable bonds is 11. The lowest BCUT2D eigenvalue weighted by atomic mass is 9.99. The highest BCUT2D eigenvalue weighted by molar-refractivity contribution is 5.88. The van der Waals surface area contributed by atoms with Crippen molar-refractivity contribution in [3.63, 3.8) is 0 Å². The first-order chi connectivity index (χ1) is 17.9. The van der Waals surface area contributed by atoms with E-state index in [9.17, 15) is 14.7 Å². The molecule has 2 aromatic heterocycles. The molecule has 0 saturated heterocycles. The van der Waals surface area contributed by atoms with E-state index in [4.69, 9.17) is 14.2 Å². The maximum atomic E-state index is 12.0. The average molecular weight is 502 g/mol. The Bertz CT molecular complexity index is 1370. The number of pyridine rings is 1. The highest BCUT2D eigenvalue weighted by Crippen LogP contribution is 2.37. The first-order valence-electron chi connectivity index (χ1n) is 11.7. The van der Waals surface area contributed by atoms with Gasteiger partial charge in [-0.15, -0.1) is 0 Å². The Labute approximate surface area is 214 Å². The Morgan fingerprint density at radius 1 is 1.08 bits per heavy atom. The number of ether oxygens (including phenoxy) is 3. The summed E-state index contributed by atoms with van der Waals surface area (Å²) in [7, 11) is 1.29. The van der Waals surface area contributed by atoms with Crippen molar-refractivity contribution in [3.05, 3.63) is 95.4 Å². The smallest absolute Gasteiger partial charge is 0.356 e. The summed E-state index contributed by atoms with van der Waals surface area (Å²) in [4.78, 5) is 27.5. The molecule has 0 aliphatic carbocycles. The molecule has 0 amide bonds. The van der Waals surface area contributed by atoms with Crippen molar-refractivity contribution in [1.29, 1.82) is 0 Å². The molecule has 0 aliphatic rings. The predicted molar refractivity (Wildman–Crippen MR) is 135 cm³/mol. The number of aryl methyl sites for hydroxylation is 1. The number of hydrogen-bond acceptors (Lipinski definition) is 7. The first-order valence-corrected chi connectivity index (χ1v) is 11.7. The van der Waals surface area contributed by atoms with Gasteiger partial charge >= 0.3 is 11.9 Å². The molecule has 1 atom stereocenters. The first kappa shape index (κ1) is 25.4. The number of H-pyrrole nitrogens is 1. The molecule has 2 aromatic carbocycles. The molecule has 0 bridgehead atoms. The van der Waals surface area contributed by atoms with Gasteiger partial charge < -0.3 is 19.3 Å². The van der Waals surface area contributed by atoms with E-state index in [2.05, 4.69) is 15.2 Å². The average Bonchev–Trinajstić information content (AvgIpc) is 3.40. The Morgan fingerprint density at radius 2 is 1.92 bits per heavy atom. The van der Waals surface area contributed by atoms with Gasteiger partial charge in [0.2, 0.25) is 0 Å². The fourth-order valence-electron chi connectivity index (χ4n) is 3.86. The zero-order valence-electron chi connectivity index (χ0n) is 20.5. The number of carboxylic acid groups (broad SMARTS) is 1. The topological polar surface area (TPSA) is 124 Å². The van der Waals surface area contributed by atoms with Gasteiger partial charge in [0.1, 0.15) is 29.9 Å². The third-order valence-electron chi connectivity index (χ3n) is 5.77. The van der Waals surface area contributed by atoms with E-state index in [1.54, 1.807) is 36.7 Å². The van der Waals surface area contributed by atoms with Crippen LogP contribution in [0.3, 0.4) is 0 Å². The van der Waals surface area contributed by atoms with Crippen molar-refractivity contribution in [1.82, 2.24) is 15.2 Å². The Morgan fingerprint density at radius 3 is 2.65 bits per heavy atom. The number of hydrogen-bond donors (Lipinski definition) is 2.